The fraction of sp³-hybridized carbons (Fsp3) is 0.667. The molecule has 1 atom stereocenters. The fourth-order valence-corrected chi connectivity index (χ4v) is 4.86. The minimum atomic E-state index is -2.94. The van der Waals surface area contributed by atoms with Crippen molar-refractivity contribution in [2.45, 2.75) is 63.8 Å². The summed E-state index contributed by atoms with van der Waals surface area (Å²) in [6, 6.07) is 8.76. The molecule has 0 saturated heterocycles. The molecule has 1 aromatic carbocycles. The quantitative estimate of drug-likeness (QED) is 0.326. The Balaban J connectivity index is 0.00000392. The van der Waals surface area contributed by atoms with E-state index in [1.165, 1.54) is 49.5 Å². The number of sulfone groups is 1. The lowest BCUT2D eigenvalue weighted by atomic mass is 9.68. The van der Waals surface area contributed by atoms with Crippen LogP contribution in [0.1, 0.15) is 56.6 Å². The molecule has 0 radical (unpaired) electrons. The monoisotopic (exact) mass is 521 g/mol. The molecule has 1 aliphatic rings. The second-order valence-corrected chi connectivity index (χ2v) is 10.3. The topological polar surface area (TPSA) is 70.6 Å². The van der Waals surface area contributed by atoms with Gasteiger partial charge in [-0.25, -0.2) is 8.42 Å². The number of nitrogens with zero attached hydrogens (tertiary/aromatic N) is 1. The lowest BCUT2D eigenvalue weighted by molar-refractivity contribution is 0.290. The van der Waals surface area contributed by atoms with E-state index in [0.29, 0.717) is 6.42 Å². The van der Waals surface area contributed by atoms with E-state index in [1.54, 1.807) is 7.05 Å². The third-order valence-corrected chi connectivity index (χ3v) is 6.63. The fourth-order valence-electron chi connectivity index (χ4n) is 4.08. The van der Waals surface area contributed by atoms with Crippen LogP contribution in [0.25, 0.3) is 0 Å². The minimum Gasteiger partial charge on any atom is -0.356 e. The van der Waals surface area contributed by atoms with Crippen LogP contribution in [-0.4, -0.2) is 46.0 Å². The van der Waals surface area contributed by atoms with E-state index in [1.807, 2.05) is 6.92 Å². The van der Waals surface area contributed by atoms with Crippen molar-refractivity contribution in [2.24, 2.45) is 4.99 Å². The highest BCUT2D eigenvalue weighted by Crippen LogP contribution is 2.40. The summed E-state index contributed by atoms with van der Waals surface area (Å²) in [4.78, 5) is 4.35. The lowest BCUT2D eigenvalue weighted by Crippen LogP contribution is -2.49. The molecule has 1 aromatic rings. The first-order valence-corrected chi connectivity index (χ1v) is 12.0. The Hall–Kier alpha value is -0.830. The molecular weight excluding hydrogens is 485 g/mol. The average Bonchev–Trinajstić information content (AvgIpc) is 2.64. The highest BCUT2D eigenvalue weighted by atomic mass is 127. The van der Waals surface area contributed by atoms with Crippen LogP contribution in [-0.2, 0) is 15.3 Å². The SMILES string of the molecule is CN=C(NCC1(c2ccccc2C)CCCCC1)NC(C)CCS(C)(=O)=O.I. The van der Waals surface area contributed by atoms with Gasteiger partial charge < -0.3 is 10.6 Å². The Labute approximate surface area is 188 Å². The maximum Gasteiger partial charge on any atom is 0.191 e. The van der Waals surface area contributed by atoms with E-state index in [9.17, 15) is 8.42 Å². The van der Waals surface area contributed by atoms with Gasteiger partial charge in [0.05, 0.1) is 5.75 Å². The number of nitrogens with one attached hydrogen (secondary N) is 2. The van der Waals surface area contributed by atoms with Crippen LogP contribution in [0.5, 0.6) is 0 Å². The molecule has 1 saturated carbocycles. The van der Waals surface area contributed by atoms with Crippen molar-refractivity contribution in [2.75, 3.05) is 25.6 Å². The van der Waals surface area contributed by atoms with Gasteiger partial charge in [0.25, 0.3) is 0 Å². The van der Waals surface area contributed by atoms with Crippen LogP contribution >= 0.6 is 24.0 Å². The molecule has 1 aliphatic carbocycles. The van der Waals surface area contributed by atoms with Gasteiger partial charge in [0.15, 0.2) is 5.96 Å². The molecule has 7 heteroatoms. The van der Waals surface area contributed by atoms with E-state index in [4.69, 9.17) is 0 Å². The summed E-state index contributed by atoms with van der Waals surface area (Å²) in [5.41, 5.74) is 2.93. The first-order chi connectivity index (χ1) is 12.8. The zero-order valence-electron chi connectivity index (χ0n) is 17.6. The van der Waals surface area contributed by atoms with Crippen molar-refractivity contribution in [1.82, 2.24) is 10.6 Å². The number of aliphatic imine (C=N–C) groups is 1. The van der Waals surface area contributed by atoms with Gasteiger partial charge in [0, 0.05) is 31.3 Å². The van der Waals surface area contributed by atoms with E-state index in [2.05, 4.69) is 46.8 Å². The highest BCUT2D eigenvalue weighted by molar-refractivity contribution is 14.0. The summed E-state index contributed by atoms with van der Waals surface area (Å²) >= 11 is 0. The molecule has 160 valence electrons. The number of benzene rings is 1. The Morgan fingerprint density at radius 3 is 2.43 bits per heavy atom. The molecule has 0 bridgehead atoms. The summed E-state index contributed by atoms with van der Waals surface area (Å²) in [6.45, 7) is 5.04. The molecule has 5 nitrogen and oxygen atoms in total. The predicted octanol–water partition coefficient (Wildman–Crippen LogP) is 3.80. The van der Waals surface area contributed by atoms with E-state index in [-0.39, 0.29) is 41.2 Å². The molecular formula is C21H36IN3O2S. The molecule has 0 amide bonds. The van der Waals surface area contributed by atoms with Crippen LogP contribution in [0.4, 0.5) is 0 Å². The smallest absolute Gasteiger partial charge is 0.191 e. The number of halogens is 1. The summed E-state index contributed by atoms with van der Waals surface area (Å²) in [7, 11) is -1.18. The number of aryl methyl sites for hydroxylation is 1. The van der Waals surface area contributed by atoms with Gasteiger partial charge in [-0.1, -0.05) is 43.5 Å². The number of guanidine groups is 1. The first kappa shape index (κ1) is 25.2. The zero-order chi connectivity index (χ0) is 19.9. The summed E-state index contributed by atoms with van der Waals surface area (Å²) in [6.07, 6.45) is 8.05. The van der Waals surface area contributed by atoms with E-state index < -0.39 is 9.84 Å². The van der Waals surface area contributed by atoms with Crippen LogP contribution in [0, 0.1) is 6.92 Å². The maximum absolute atomic E-state index is 11.4. The van der Waals surface area contributed by atoms with Crippen molar-refractivity contribution >= 4 is 39.8 Å². The predicted molar refractivity (Wildman–Crippen MR) is 130 cm³/mol. The number of hydrogen-bond acceptors (Lipinski definition) is 3. The van der Waals surface area contributed by atoms with Gasteiger partial charge >= 0.3 is 0 Å². The standard InChI is InChI=1S/C21H35N3O2S.HI/c1-17-10-6-7-11-19(17)21(13-8-5-9-14-21)16-23-20(22-3)24-18(2)12-15-27(4,25)26;/h6-7,10-11,18H,5,8-9,12-16H2,1-4H3,(H2,22,23,24);1H. The van der Waals surface area contributed by atoms with Crippen LogP contribution in [0.3, 0.4) is 0 Å². The highest BCUT2D eigenvalue weighted by Gasteiger charge is 2.35. The van der Waals surface area contributed by atoms with Crippen LogP contribution in [0.2, 0.25) is 0 Å². The molecule has 28 heavy (non-hydrogen) atoms. The third-order valence-electron chi connectivity index (χ3n) is 5.65. The van der Waals surface area contributed by atoms with E-state index >= 15 is 0 Å². The second kappa shape index (κ2) is 11.4. The molecule has 0 spiro atoms. The number of hydrogen-bond donors (Lipinski definition) is 2. The van der Waals surface area contributed by atoms with Crippen LogP contribution in [0.15, 0.2) is 29.3 Å². The van der Waals surface area contributed by atoms with Gasteiger partial charge in [-0.3, -0.25) is 4.99 Å². The van der Waals surface area contributed by atoms with E-state index in [0.717, 1.165) is 12.5 Å². The molecule has 2 rings (SSSR count). The summed E-state index contributed by atoms with van der Waals surface area (Å²) in [5.74, 6) is 0.931. The van der Waals surface area contributed by atoms with Crippen molar-refractivity contribution < 1.29 is 8.42 Å². The lowest BCUT2D eigenvalue weighted by Gasteiger charge is -2.39. The van der Waals surface area contributed by atoms with Gasteiger partial charge in [0.2, 0.25) is 0 Å². The molecule has 1 unspecified atom stereocenters. The third kappa shape index (κ3) is 7.54. The summed E-state index contributed by atoms with van der Waals surface area (Å²) < 4.78 is 22.8. The van der Waals surface area contributed by atoms with Crippen molar-refractivity contribution in [3.8, 4) is 0 Å². The second-order valence-electron chi connectivity index (χ2n) is 8.05. The molecule has 0 aliphatic heterocycles. The summed E-state index contributed by atoms with van der Waals surface area (Å²) in [5, 5.41) is 6.86. The number of rotatable bonds is 7. The van der Waals surface area contributed by atoms with Gasteiger partial charge in [-0.05, 0) is 44.2 Å². The maximum atomic E-state index is 11.4. The van der Waals surface area contributed by atoms with Gasteiger partial charge in [-0.15, -0.1) is 24.0 Å². The largest absolute Gasteiger partial charge is 0.356 e. The van der Waals surface area contributed by atoms with Gasteiger partial charge in [-0.2, -0.15) is 0 Å². The van der Waals surface area contributed by atoms with Crippen molar-refractivity contribution in [3.63, 3.8) is 0 Å². The van der Waals surface area contributed by atoms with Crippen LogP contribution < -0.4 is 10.6 Å². The Morgan fingerprint density at radius 1 is 1.21 bits per heavy atom. The van der Waals surface area contributed by atoms with Crippen molar-refractivity contribution in [1.29, 1.82) is 0 Å². The molecule has 1 fully saturated rings. The normalized spacial score (nSPS) is 18.1. The first-order valence-electron chi connectivity index (χ1n) is 9.97. The Morgan fingerprint density at radius 2 is 1.86 bits per heavy atom. The molecule has 0 aromatic heterocycles. The van der Waals surface area contributed by atoms with Gasteiger partial charge in [0.1, 0.15) is 9.84 Å². The zero-order valence-corrected chi connectivity index (χ0v) is 20.8. The Bertz CT molecular complexity index is 744. The minimum absolute atomic E-state index is 0. The van der Waals surface area contributed by atoms with Crippen molar-refractivity contribution in [3.05, 3.63) is 35.4 Å². The molecule has 2 N–H and O–H groups in total. The molecule has 0 heterocycles. The average molecular weight is 522 g/mol. The Kier molecular flexibility index (Phi) is 10.2.